The molecule has 0 aromatic rings. The van der Waals surface area contributed by atoms with Gasteiger partial charge in [0.05, 0.1) is 7.11 Å². The van der Waals surface area contributed by atoms with E-state index in [1.807, 2.05) is 0 Å². The van der Waals surface area contributed by atoms with E-state index in [-0.39, 0.29) is 12.0 Å². The Morgan fingerprint density at radius 3 is 2.80 bits per heavy atom. The van der Waals surface area contributed by atoms with Crippen molar-refractivity contribution in [1.29, 1.82) is 0 Å². The summed E-state index contributed by atoms with van der Waals surface area (Å²) in [6.45, 7) is 6.65. The number of nitrogens with zero attached hydrogens (tertiary/aromatic N) is 2. The quantitative estimate of drug-likeness (QED) is 0.727. The van der Waals surface area contributed by atoms with Gasteiger partial charge in [0, 0.05) is 25.2 Å². The van der Waals surface area contributed by atoms with E-state index in [0.29, 0.717) is 12.1 Å². The van der Waals surface area contributed by atoms with Crippen molar-refractivity contribution in [2.75, 3.05) is 40.3 Å². The van der Waals surface area contributed by atoms with Crippen molar-refractivity contribution >= 4 is 5.97 Å². The number of nitrogens with one attached hydrogen (secondary N) is 1. The monoisotopic (exact) mass is 283 g/mol. The topological polar surface area (TPSA) is 44.8 Å². The Bertz CT molecular complexity index is 320. The fourth-order valence-corrected chi connectivity index (χ4v) is 3.00. The zero-order chi connectivity index (χ0) is 14.5. The summed E-state index contributed by atoms with van der Waals surface area (Å²) in [4.78, 5) is 16.7. The predicted octanol–water partition coefficient (Wildman–Crippen LogP) is 0.696. The number of rotatable bonds is 6. The van der Waals surface area contributed by atoms with Crippen molar-refractivity contribution in [3.05, 3.63) is 0 Å². The number of carbonyl (C=O) groups is 1. The van der Waals surface area contributed by atoms with Crippen LogP contribution in [0, 0.1) is 0 Å². The van der Waals surface area contributed by atoms with Gasteiger partial charge in [0.1, 0.15) is 6.04 Å². The van der Waals surface area contributed by atoms with E-state index in [9.17, 15) is 4.79 Å². The lowest BCUT2D eigenvalue weighted by molar-refractivity contribution is -0.143. The molecule has 0 amide bonds. The number of hydrogen-bond acceptors (Lipinski definition) is 5. The largest absolute Gasteiger partial charge is 0.468 e. The molecule has 1 aliphatic carbocycles. The van der Waals surface area contributed by atoms with Gasteiger partial charge in [-0.1, -0.05) is 0 Å². The van der Waals surface area contributed by atoms with Gasteiger partial charge >= 0.3 is 5.97 Å². The van der Waals surface area contributed by atoms with Gasteiger partial charge < -0.3 is 15.0 Å². The second-order valence-corrected chi connectivity index (χ2v) is 6.31. The third-order valence-electron chi connectivity index (χ3n) is 4.39. The smallest absolute Gasteiger partial charge is 0.322 e. The molecular formula is C15H29N3O2. The maximum Gasteiger partial charge on any atom is 0.322 e. The fourth-order valence-electron chi connectivity index (χ4n) is 3.00. The Morgan fingerprint density at radius 2 is 2.15 bits per heavy atom. The molecule has 0 bridgehead atoms. The van der Waals surface area contributed by atoms with E-state index < -0.39 is 0 Å². The highest BCUT2D eigenvalue weighted by atomic mass is 16.5. The Labute approximate surface area is 122 Å². The highest BCUT2D eigenvalue weighted by Crippen LogP contribution is 2.20. The fraction of sp³-hybridized carbons (Fsp3) is 0.933. The van der Waals surface area contributed by atoms with Gasteiger partial charge in [-0.3, -0.25) is 9.69 Å². The van der Waals surface area contributed by atoms with Gasteiger partial charge in [-0.05, 0) is 52.7 Å². The van der Waals surface area contributed by atoms with Crippen LogP contribution < -0.4 is 5.32 Å². The maximum absolute atomic E-state index is 11.8. The highest BCUT2D eigenvalue weighted by Gasteiger charge is 2.29. The average Bonchev–Trinajstić information content (AvgIpc) is 3.23. The molecule has 2 rings (SSSR count). The molecule has 2 atom stereocenters. The van der Waals surface area contributed by atoms with Crippen LogP contribution in [0.2, 0.25) is 0 Å². The minimum Gasteiger partial charge on any atom is -0.468 e. The summed E-state index contributed by atoms with van der Waals surface area (Å²) in [5.74, 6) is -0.114. The Kier molecular flexibility index (Phi) is 5.81. The molecule has 5 heteroatoms. The molecule has 2 fully saturated rings. The number of methoxy groups -OCH3 is 1. The first-order valence-electron chi connectivity index (χ1n) is 7.86. The molecule has 5 nitrogen and oxygen atoms in total. The Hall–Kier alpha value is -0.650. The summed E-state index contributed by atoms with van der Waals surface area (Å²) in [5, 5.41) is 3.41. The standard InChI is InChI=1S/C15H29N3O2/c1-12-11-17(2)8-4-9-18(12)10-7-14(15(19)20-3)16-13-5-6-13/h12-14,16H,4-11H2,1-3H3. The molecule has 0 radical (unpaired) electrons. The molecule has 0 aromatic heterocycles. The lowest BCUT2D eigenvalue weighted by atomic mass is 10.1. The maximum atomic E-state index is 11.8. The van der Waals surface area contributed by atoms with Gasteiger partial charge in [0.2, 0.25) is 0 Å². The third kappa shape index (κ3) is 4.72. The molecule has 116 valence electrons. The summed E-state index contributed by atoms with van der Waals surface area (Å²) in [6.07, 6.45) is 4.44. The molecule has 20 heavy (non-hydrogen) atoms. The second kappa shape index (κ2) is 7.38. The van der Waals surface area contributed by atoms with Crippen LogP contribution in [0.25, 0.3) is 0 Å². The van der Waals surface area contributed by atoms with Crippen molar-refractivity contribution in [1.82, 2.24) is 15.1 Å². The van der Waals surface area contributed by atoms with E-state index in [4.69, 9.17) is 4.74 Å². The molecule has 0 aromatic carbocycles. The van der Waals surface area contributed by atoms with E-state index in [1.165, 1.54) is 32.9 Å². The molecule has 0 spiro atoms. The summed E-state index contributed by atoms with van der Waals surface area (Å²) in [7, 11) is 3.67. The molecule has 1 saturated heterocycles. The first-order chi connectivity index (χ1) is 9.60. The molecule has 2 aliphatic rings. The van der Waals surface area contributed by atoms with E-state index in [2.05, 4.69) is 29.1 Å². The summed E-state index contributed by atoms with van der Waals surface area (Å²) < 4.78 is 4.92. The van der Waals surface area contributed by atoms with Crippen molar-refractivity contribution in [3.63, 3.8) is 0 Å². The highest BCUT2D eigenvalue weighted by molar-refractivity contribution is 5.75. The minimum atomic E-state index is -0.138. The number of hydrogen-bond donors (Lipinski definition) is 1. The van der Waals surface area contributed by atoms with Crippen molar-refractivity contribution in [3.8, 4) is 0 Å². The van der Waals surface area contributed by atoms with Crippen LogP contribution in [0.5, 0.6) is 0 Å². The molecule has 1 saturated carbocycles. The SMILES string of the molecule is COC(=O)C(CCN1CCCN(C)CC1C)NC1CC1. The first-order valence-corrected chi connectivity index (χ1v) is 7.86. The molecule has 1 N–H and O–H groups in total. The summed E-state index contributed by atoms with van der Waals surface area (Å²) >= 11 is 0. The van der Waals surface area contributed by atoms with Crippen molar-refractivity contribution in [2.24, 2.45) is 0 Å². The van der Waals surface area contributed by atoms with Crippen LogP contribution in [0.4, 0.5) is 0 Å². The zero-order valence-electron chi connectivity index (χ0n) is 13.1. The van der Waals surface area contributed by atoms with Crippen LogP contribution in [0.1, 0.15) is 32.6 Å². The van der Waals surface area contributed by atoms with Crippen LogP contribution >= 0.6 is 0 Å². The molecular weight excluding hydrogens is 254 g/mol. The van der Waals surface area contributed by atoms with E-state index in [0.717, 1.165) is 26.1 Å². The van der Waals surface area contributed by atoms with Crippen LogP contribution in [0.3, 0.4) is 0 Å². The predicted molar refractivity (Wildman–Crippen MR) is 79.7 cm³/mol. The number of ether oxygens (including phenoxy) is 1. The summed E-state index contributed by atoms with van der Waals surface area (Å²) in [6, 6.07) is 0.953. The molecule has 2 unspecified atom stereocenters. The summed E-state index contributed by atoms with van der Waals surface area (Å²) in [5.41, 5.74) is 0. The molecule has 1 heterocycles. The van der Waals surface area contributed by atoms with Crippen LogP contribution in [-0.4, -0.2) is 74.2 Å². The van der Waals surface area contributed by atoms with E-state index >= 15 is 0 Å². The minimum absolute atomic E-state index is 0.114. The Morgan fingerprint density at radius 1 is 1.40 bits per heavy atom. The third-order valence-corrected chi connectivity index (χ3v) is 4.39. The van der Waals surface area contributed by atoms with E-state index in [1.54, 1.807) is 0 Å². The van der Waals surface area contributed by atoms with Crippen LogP contribution in [0.15, 0.2) is 0 Å². The first kappa shape index (κ1) is 15.7. The lowest BCUT2D eigenvalue weighted by Crippen LogP contribution is -2.44. The van der Waals surface area contributed by atoms with Gasteiger partial charge in [-0.15, -0.1) is 0 Å². The van der Waals surface area contributed by atoms with Gasteiger partial charge in [0.15, 0.2) is 0 Å². The number of esters is 1. The van der Waals surface area contributed by atoms with Crippen molar-refractivity contribution in [2.45, 2.75) is 50.7 Å². The second-order valence-electron chi connectivity index (χ2n) is 6.31. The average molecular weight is 283 g/mol. The molecule has 1 aliphatic heterocycles. The van der Waals surface area contributed by atoms with Gasteiger partial charge in [-0.2, -0.15) is 0 Å². The van der Waals surface area contributed by atoms with Crippen LogP contribution in [-0.2, 0) is 9.53 Å². The van der Waals surface area contributed by atoms with Gasteiger partial charge in [-0.25, -0.2) is 0 Å². The zero-order valence-corrected chi connectivity index (χ0v) is 13.1. The normalized spacial score (nSPS) is 27.1. The number of carbonyl (C=O) groups excluding carboxylic acids is 1. The van der Waals surface area contributed by atoms with Crippen molar-refractivity contribution < 1.29 is 9.53 Å². The number of likely N-dealkylation sites (N-methyl/N-ethyl adjacent to an activating group) is 1. The Balaban J connectivity index is 1.82. The van der Waals surface area contributed by atoms with Gasteiger partial charge in [0.25, 0.3) is 0 Å². The lowest BCUT2D eigenvalue weighted by Gasteiger charge is -2.29.